The molecular weight excluding hydrogens is 382 g/mol. The van der Waals surface area contributed by atoms with Gasteiger partial charge in [0.05, 0.1) is 25.0 Å². The quantitative estimate of drug-likeness (QED) is 0.514. The molecule has 7 nitrogen and oxygen atoms in total. The summed E-state index contributed by atoms with van der Waals surface area (Å²) in [5.41, 5.74) is 1.72. The number of methoxy groups -OCH3 is 1. The fraction of sp³-hybridized carbons (Fsp3) is 0.130. The number of hydrogen-bond acceptors (Lipinski definition) is 5. The first-order chi connectivity index (χ1) is 14.5. The molecule has 154 valence electrons. The van der Waals surface area contributed by atoms with E-state index >= 15 is 0 Å². The maximum Gasteiger partial charge on any atom is 0.243 e. The highest BCUT2D eigenvalue weighted by molar-refractivity contribution is 5.97. The lowest BCUT2D eigenvalue weighted by Crippen LogP contribution is -2.22. The van der Waals surface area contributed by atoms with Gasteiger partial charge in [-0.3, -0.25) is 9.59 Å². The molecule has 3 N–H and O–H groups in total. The number of para-hydroxylation sites is 3. The van der Waals surface area contributed by atoms with Crippen LogP contribution in [0.2, 0.25) is 0 Å². The first kappa shape index (κ1) is 20.7. The molecule has 30 heavy (non-hydrogen) atoms. The lowest BCUT2D eigenvalue weighted by molar-refractivity contribution is -0.115. The standard InChI is InChI=1S/C23H23N3O4/c1-16(27)25-17-12-13-21(29-2)20(14-17)26-23(28)15-24-19-10-6-7-11-22(19)30-18-8-4-3-5-9-18/h3-14,24H,15H2,1-2H3,(H,25,27)(H,26,28). The van der Waals surface area contributed by atoms with Gasteiger partial charge in [0.2, 0.25) is 11.8 Å². The van der Waals surface area contributed by atoms with Crippen LogP contribution in [0.4, 0.5) is 17.1 Å². The number of anilines is 3. The molecule has 0 saturated heterocycles. The smallest absolute Gasteiger partial charge is 0.243 e. The molecule has 3 aromatic carbocycles. The number of ether oxygens (including phenoxy) is 2. The van der Waals surface area contributed by atoms with Gasteiger partial charge in [0.15, 0.2) is 5.75 Å². The topological polar surface area (TPSA) is 88.7 Å². The number of amides is 2. The van der Waals surface area contributed by atoms with Crippen molar-refractivity contribution in [1.82, 2.24) is 0 Å². The first-order valence-electron chi connectivity index (χ1n) is 9.36. The molecule has 3 rings (SSSR count). The van der Waals surface area contributed by atoms with Gasteiger partial charge in [0.25, 0.3) is 0 Å². The zero-order valence-corrected chi connectivity index (χ0v) is 16.8. The van der Waals surface area contributed by atoms with E-state index in [0.717, 1.165) is 0 Å². The summed E-state index contributed by atoms with van der Waals surface area (Å²) in [5, 5.41) is 8.57. The number of nitrogens with one attached hydrogen (secondary N) is 3. The van der Waals surface area contributed by atoms with Crippen molar-refractivity contribution in [3.05, 3.63) is 72.8 Å². The van der Waals surface area contributed by atoms with Crippen LogP contribution in [0, 0.1) is 0 Å². The summed E-state index contributed by atoms with van der Waals surface area (Å²) >= 11 is 0. The predicted octanol–water partition coefficient (Wildman–Crippen LogP) is 4.50. The molecule has 0 bridgehead atoms. The summed E-state index contributed by atoms with van der Waals surface area (Å²) in [4.78, 5) is 23.8. The Kier molecular flexibility index (Phi) is 6.89. The molecule has 0 spiro atoms. The molecule has 0 unspecified atom stereocenters. The van der Waals surface area contributed by atoms with Crippen molar-refractivity contribution in [2.45, 2.75) is 6.92 Å². The van der Waals surface area contributed by atoms with Crippen molar-refractivity contribution in [3.63, 3.8) is 0 Å². The van der Waals surface area contributed by atoms with Crippen molar-refractivity contribution < 1.29 is 19.1 Å². The Morgan fingerprint density at radius 1 is 0.833 bits per heavy atom. The number of hydrogen-bond donors (Lipinski definition) is 3. The van der Waals surface area contributed by atoms with Gasteiger partial charge < -0.3 is 25.4 Å². The van der Waals surface area contributed by atoms with E-state index in [4.69, 9.17) is 9.47 Å². The number of rotatable bonds is 8. The SMILES string of the molecule is COc1ccc(NC(C)=O)cc1NC(=O)CNc1ccccc1Oc1ccccc1. The Bertz CT molecular complexity index is 1020. The highest BCUT2D eigenvalue weighted by Gasteiger charge is 2.11. The molecule has 0 fully saturated rings. The summed E-state index contributed by atoms with van der Waals surface area (Å²) in [6, 6.07) is 21.8. The van der Waals surface area contributed by atoms with Crippen LogP contribution in [-0.2, 0) is 9.59 Å². The van der Waals surface area contributed by atoms with Gasteiger partial charge in [0.1, 0.15) is 11.5 Å². The summed E-state index contributed by atoms with van der Waals surface area (Å²) < 4.78 is 11.2. The minimum absolute atomic E-state index is 0.0165. The lowest BCUT2D eigenvalue weighted by Gasteiger charge is -2.15. The van der Waals surface area contributed by atoms with Crippen LogP contribution in [0.1, 0.15) is 6.92 Å². The van der Waals surface area contributed by atoms with Crippen LogP contribution in [0.5, 0.6) is 17.2 Å². The normalized spacial score (nSPS) is 10.1. The third-order valence-electron chi connectivity index (χ3n) is 4.09. The fourth-order valence-electron chi connectivity index (χ4n) is 2.77. The van der Waals surface area contributed by atoms with Crippen LogP contribution >= 0.6 is 0 Å². The molecule has 0 aromatic heterocycles. The van der Waals surface area contributed by atoms with E-state index in [1.807, 2.05) is 54.6 Å². The van der Waals surface area contributed by atoms with Gasteiger partial charge in [-0.2, -0.15) is 0 Å². The van der Waals surface area contributed by atoms with E-state index in [-0.39, 0.29) is 18.4 Å². The van der Waals surface area contributed by atoms with Gasteiger partial charge in [-0.1, -0.05) is 30.3 Å². The number of carbonyl (C=O) groups is 2. The van der Waals surface area contributed by atoms with Gasteiger partial charge >= 0.3 is 0 Å². The third-order valence-corrected chi connectivity index (χ3v) is 4.09. The molecule has 0 radical (unpaired) electrons. The zero-order chi connectivity index (χ0) is 21.3. The monoisotopic (exact) mass is 405 g/mol. The second-order valence-corrected chi connectivity index (χ2v) is 6.41. The van der Waals surface area contributed by atoms with Crippen LogP contribution < -0.4 is 25.4 Å². The van der Waals surface area contributed by atoms with Crippen molar-refractivity contribution in [3.8, 4) is 17.2 Å². The Balaban J connectivity index is 1.66. The van der Waals surface area contributed by atoms with Crippen molar-refractivity contribution in [1.29, 1.82) is 0 Å². The highest BCUT2D eigenvalue weighted by Crippen LogP contribution is 2.30. The van der Waals surface area contributed by atoms with Crippen molar-refractivity contribution in [2.24, 2.45) is 0 Å². The molecule has 0 atom stereocenters. The largest absolute Gasteiger partial charge is 0.495 e. The van der Waals surface area contributed by atoms with Gasteiger partial charge in [0, 0.05) is 12.6 Å². The lowest BCUT2D eigenvalue weighted by atomic mass is 10.2. The fourth-order valence-corrected chi connectivity index (χ4v) is 2.77. The second kappa shape index (κ2) is 9.97. The Morgan fingerprint density at radius 3 is 2.30 bits per heavy atom. The highest BCUT2D eigenvalue weighted by atomic mass is 16.5. The van der Waals surface area contributed by atoms with E-state index in [2.05, 4.69) is 16.0 Å². The first-order valence-corrected chi connectivity index (χ1v) is 9.36. The maximum absolute atomic E-state index is 12.5. The van der Waals surface area contributed by atoms with E-state index in [1.54, 1.807) is 18.2 Å². The third kappa shape index (κ3) is 5.75. The molecule has 2 amide bonds. The average molecular weight is 405 g/mol. The van der Waals surface area contributed by atoms with Crippen LogP contribution in [0.25, 0.3) is 0 Å². The molecule has 3 aromatic rings. The Hall–Kier alpha value is -4.00. The van der Waals surface area contributed by atoms with E-state index in [1.165, 1.54) is 14.0 Å². The minimum atomic E-state index is -0.275. The second-order valence-electron chi connectivity index (χ2n) is 6.41. The van der Waals surface area contributed by atoms with E-state index < -0.39 is 0 Å². The van der Waals surface area contributed by atoms with Crippen LogP contribution in [0.3, 0.4) is 0 Å². The average Bonchev–Trinajstić information content (AvgIpc) is 2.74. The zero-order valence-electron chi connectivity index (χ0n) is 16.8. The molecule has 0 heterocycles. The summed E-state index contributed by atoms with van der Waals surface area (Å²) in [7, 11) is 1.51. The van der Waals surface area contributed by atoms with Crippen LogP contribution in [0.15, 0.2) is 72.8 Å². The molecule has 0 aliphatic rings. The van der Waals surface area contributed by atoms with Crippen LogP contribution in [-0.4, -0.2) is 25.5 Å². The molecule has 7 heteroatoms. The maximum atomic E-state index is 12.5. The minimum Gasteiger partial charge on any atom is -0.495 e. The summed E-state index contributed by atoms with van der Waals surface area (Å²) in [6.07, 6.45) is 0. The molecule has 0 aliphatic heterocycles. The molecule has 0 aliphatic carbocycles. The van der Waals surface area contributed by atoms with Crippen molar-refractivity contribution in [2.75, 3.05) is 29.6 Å². The summed E-state index contributed by atoms with van der Waals surface area (Å²) in [6.45, 7) is 1.43. The number of carbonyl (C=O) groups excluding carboxylic acids is 2. The van der Waals surface area contributed by atoms with Gasteiger partial charge in [-0.25, -0.2) is 0 Å². The molecular formula is C23H23N3O4. The van der Waals surface area contributed by atoms with Gasteiger partial charge in [-0.05, 0) is 42.5 Å². The van der Waals surface area contributed by atoms with Crippen molar-refractivity contribution >= 4 is 28.9 Å². The van der Waals surface area contributed by atoms with E-state index in [0.29, 0.717) is 34.3 Å². The Labute approximate surface area is 175 Å². The Morgan fingerprint density at radius 2 is 1.57 bits per heavy atom. The van der Waals surface area contributed by atoms with Gasteiger partial charge in [-0.15, -0.1) is 0 Å². The number of benzene rings is 3. The van der Waals surface area contributed by atoms with E-state index in [9.17, 15) is 9.59 Å². The predicted molar refractivity (Wildman–Crippen MR) is 117 cm³/mol. The summed E-state index contributed by atoms with van der Waals surface area (Å²) in [5.74, 6) is 1.33. The molecule has 0 saturated carbocycles.